The van der Waals surface area contributed by atoms with Crippen LogP contribution < -0.4 is 15.8 Å². The molecule has 2 aromatic rings. The SMILES string of the molecule is CN1CCN(Cc2cccc(C(=O)Nc3ccc(OCCN)cc3)c2)CC1. The van der Waals surface area contributed by atoms with Gasteiger partial charge < -0.3 is 20.7 Å². The average molecular weight is 368 g/mol. The second kappa shape index (κ2) is 9.50. The van der Waals surface area contributed by atoms with Crippen LogP contribution in [0.3, 0.4) is 0 Å². The summed E-state index contributed by atoms with van der Waals surface area (Å²) >= 11 is 0. The van der Waals surface area contributed by atoms with Crippen molar-refractivity contribution < 1.29 is 9.53 Å². The Labute approximate surface area is 160 Å². The van der Waals surface area contributed by atoms with Gasteiger partial charge in [0.05, 0.1) is 0 Å². The van der Waals surface area contributed by atoms with Crippen molar-refractivity contribution in [3.63, 3.8) is 0 Å². The normalized spacial score (nSPS) is 15.5. The molecule has 1 fully saturated rings. The van der Waals surface area contributed by atoms with Gasteiger partial charge >= 0.3 is 0 Å². The Morgan fingerprint density at radius 1 is 1.11 bits per heavy atom. The summed E-state index contributed by atoms with van der Waals surface area (Å²) in [7, 11) is 2.15. The molecule has 27 heavy (non-hydrogen) atoms. The van der Waals surface area contributed by atoms with Crippen LogP contribution in [0.1, 0.15) is 15.9 Å². The van der Waals surface area contributed by atoms with Gasteiger partial charge in [-0.25, -0.2) is 0 Å². The summed E-state index contributed by atoms with van der Waals surface area (Å²) in [6, 6.07) is 15.2. The number of likely N-dealkylation sites (N-methyl/N-ethyl adjacent to an activating group) is 1. The Hall–Kier alpha value is -2.41. The number of nitrogens with two attached hydrogens (primary N) is 1. The van der Waals surface area contributed by atoms with Crippen LogP contribution in [0, 0.1) is 0 Å². The van der Waals surface area contributed by atoms with Gasteiger partial charge in [-0.2, -0.15) is 0 Å². The molecule has 3 N–H and O–H groups in total. The lowest BCUT2D eigenvalue weighted by Gasteiger charge is -2.32. The van der Waals surface area contributed by atoms with Crippen molar-refractivity contribution in [1.29, 1.82) is 0 Å². The minimum atomic E-state index is -0.106. The van der Waals surface area contributed by atoms with E-state index in [0.717, 1.165) is 49.7 Å². The van der Waals surface area contributed by atoms with Gasteiger partial charge in [-0.3, -0.25) is 9.69 Å². The smallest absolute Gasteiger partial charge is 0.255 e. The van der Waals surface area contributed by atoms with Gasteiger partial charge in [0.2, 0.25) is 0 Å². The van der Waals surface area contributed by atoms with E-state index in [1.54, 1.807) is 0 Å². The number of anilines is 1. The number of hydrogen-bond acceptors (Lipinski definition) is 5. The number of rotatable bonds is 7. The van der Waals surface area contributed by atoms with Gasteiger partial charge in [0.1, 0.15) is 12.4 Å². The van der Waals surface area contributed by atoms with E-state index in [1.807, 2.05) is 42.5 Å². The highest BCUT2D eigenvalue weighted by atomic mass is 16.5. The quantitative estimate of drug-likeness (QED) is 0.782. The fraction of sp³-hybridized carbons (Fsp3) is 0.381. The molecule has 1 amide bonds. The molecular formula is C21H28N4O2. The van der Waals surface area contributed by atoms with Crippen LogP contribution >= 0.6 is 0 Å². The minimum absolute atomic E-state index is 0.106. The Morgan fingerprint density at radius 3 is 2.56 bits per heavy atom. The van der Waals surface area contributed by atoms with Crippen LogP contribution in [0.15, 0.2) is 48.5 Å². The van der Waals surface area contributed by atoms with Crippen molar-refractivity contribution in [2.75, 3.05) is 51.7 Å². The van der Waals surface area contributed by atoms with E-state index >= 15 is 0 Å². The maximum Gasteiger partial charge on any atom is 0.255 e. The van der Waals surface area contributed by atoms with Gasteiger partial charge in [-0.05, 0) is 49.0 Å². The van der Waals surface area contributed by atoms with Gasteiger partial charge in [-0.1, -0.05) is 12.1 Å². The molecule has 0 radical (unpaired) electrons. The highest BCUT2D eigenvalue weighted by Gasteiger charge is 2.14. The Morgan fingerprint density at radius 2 is 1.85 bits per heavy atom. The first kappa shape index (κ1) is 19.4. The number of hydrogen-bond donors (Lipinski definition) is 2. The van der Waals surface area contributed by atoms with Crippen molar-refractivity contribution in [2.45, 2.75) is 6.54 Å². The lowest BCUT2D eigenvalue weighted by molar-refractivity contribution is 0.102. The molecular weight excluding hydrogens is 340 g/mol. The van der Waals surface area contributed by atoms with Gasteiger partial charge in [-0.15, -0.1) is 0 Å². The first-order valence-electron chi connectivity index (χ1n) is 9.38. The van der Waals surface area contributed by atoms with Crippen LogP contribution in [0.2, 0.25) is 0 Å². The number of carbonyl (C=O) groups excluding carboxylic acids is 1. The zero-order valence-corrected chi connectivity index (χ0v) is 15.9. The van der Waals surface area contributed by atoms with E-state index in [1.165, 1.54) is 0 Å². The van der Waals surface area contributed by atoms with Gasteiger partial charge in [0.25, 0.3) is 5.91 Å². The largest absolute Gasteiger partial charge is 0.492 e. The molecule has 0 bridgehead atoms. The van der Waals surface area contributed by atoms with E-state index in [2.05, 4.69) is 28.2 Å². The third-order valence-corrected chi connectivity index (χ3v) is 4.69. The zero-order valence-electron chi connectivity index (χ0n) is 15.9. The second-order valence-electron chi connectivity index (χ2n) is 6.90. The molecule has 0 spiro atoms. The summed E-state index contributed by atoms with van der Waals surface area (Å²) < 4.78 is 5.45. The lowest BCUT2D eigenvalue weighted by Crippen LogP contribution is -2.43. The molecule has 1 heterocycles. The molecule has 3 rings (SSSR count). The van der Waals surface area contributed by atoms with Gasteiger partial charge in [0.15, 0.2) is 0 Å². The Bertz CT molecular complexity index is 740. The summed E-state index contributed by atoms with van der Waals surface area (Å²) in [6.07, 6.45) is 0. The molecule has 6 heteroatoms. The number of piperazine rings is 1. The highest BCUT2D eigenvalue weighted by Crippen LogP contribution is 2.17. The molecule has 144 valence electrons. The third kappa shape index (κ3) is 5.79. The highest BCUT2D eigenvalue weighted by molar-refractivity contribution is 6.04. The van der Waals surface area contributed by atoms with Crippen molar-refractivity contribution in [3.8, 4) is 5.75 Å². The monoisotopic (exact) mass is 368 g/mol. The maximum absolute atomic E-state index is 12.6. The molecule has 0 aliphatic carbocycles. The van der Waals surface area contributed by atoms with E-state index in [-0.39, 0.29) is 5.91 Å². The zero-order chi connectivity index (χ0) is 19.1. The van der Waals surface area contributed by atoms with E-state index in [4.69, 9.17) is 10.5 Å². The number of amides is 1. The van der Waals surface area contributed by atoms with Crippen LogP contribution in [0.5, 0.6) is 5.75 Å². The molecule has 0 atom stereocenters. The molecule has 1 aliphatic heterocycles. The second-order valence-corrected chi connectivity index (χ2v) is 6.90. The standard InChI is InChI=1S/C21H28N4O2/c1-24-10-12-25(13-11-24)16-17-3-2-4-18(15-17)21(26)23-19-5-7-20(8-6-19)27-14-9-22/h2-8,15H,9-14,16,22H2,1H3,(H,23,26). The molecule has 1 saturated heterocycles. The van der Waals surface area contributed by atoms with Crippen molar-refractivity contribution >= 4 is 11.6 Å². The van der Waals surface area contributed by atoms with Crippen molar-refractivity contribution in [2.24, 2.45) is 5.73 Å². The first-order valence-corrected chi connectivity index (χ1v) is 9.38. The summed E-state index contributed by atoms with van der Waals surface area (Å²) in [6.45, 7) is 6.13. The predicted molar refractivity (Wildman–Crippen MR) is 108 cm³/mol. The molecule has 2 aromatic carbocycles. The Balaban J connectivity index is 1.58. The van der Waals surface area contributed by atoms with E-state index < -0.39 is 0 Å². The summed E-state index contributed by atoms with van der Waals surface area (Å²) in [4.78, 5) is 17.3. The van der Waals surface area contributed by atoms with Crippen LogP contribution in [-0.4, -0.2) is 62.1 Å². The fourth-order valence-electron chi connectivity index (χ4n) is 3.09. The number of nitrogens with one attached hydrogen (secondary N) is 1. The fourth-order valence-corrected chi connectivity index (χ4v) is 3.09. The van der Waals surface area contributed by atoms with Crippen molar-refractivity contribution in [1.82, 2.24) is 9.80 Å². The number of ether oxygens (including phenoxy) is 1. The van der Waals surface area contributed by atoms with Crippen LogP contribution in [-0.2, 0) is 6.54 Å². The summed E-state index contributed by atoms with van der Waals surface area (Å²) in [5.74, 6) is 0.637. The molecule has 6 nitrogen and oxygen atoms in total. The first-order chi connectivity index (χ1) is 13.1. The van der Waals surface area contributed by atoms with E-state index in [0.29, 0.717) is 18.7 Å². The lowest BCUT2D eigenvalue weighted by atomic mass is 10.1. The van der Waals surface area contributed by atoms with E-state index in [9.17, 15) is 4.79 Å². The minimum Gasteiger partial charge on any atom is -0.492 e. The summed E-state index contributed by atoms with van der Waals surface area (Å²) in [5, 5.41) is 2.94. The van der Waals surface area contributed by atoms with Gasteiger partial charge in [0, 0.05) is 50.5 Å². The molecule has 0 aromatic heterocycles. The maximum atomic E-state index is 12.6. The predicted octanol–water partition coefficient (Wildman–Crippen LogP) is 2.02. The average Bonchev–Trinajstić information content (AvgIpc) is 2.69. The number of nitrogens with zero attached hydrogens (tertiary/aromatic N) is 2. The van der Waals surface area contributed by atoms with Crippen LogP contribution in [0.4, 0.5) is 5.69 Å². The topological polar surface area (TPSA) is 70.8 Å². The third-order valence-electron chi connectivity index (χ3n) is 4.69. The Kier molecular flexibility index (Phi) is 6.81. The molecule has 1 aliphatic rings. The summed E-state index contributed by atoms with van der Waals surface area (Å²) in [5.41, 5.74) is 8.00. The molecule has 0 saturated carbocycles. The van der Waals surface area contributed by atoms with Crippen LogP contribution in [0.25, 0.3) is 0 Å². The van der Waals surface area contributed by atoms with Crippen molar-refractivity contribution in [3.05, 3.63) is 59.7 Å². The number of carbonyl (C=O) groups is 1. The molecule has 0 unspecified atom stereocenters. The number of benzene rings is 2.